The molecule has 4 rings (SSSR count). The van der Waals surface area contributed by atoms with Crippen LogP contribution in [0.4, 0.5) is 45.5 Å². The van der Waals surface area contributed by atoms with Crippen molar-refractivity contribution in [2.24, 2.45) is 7.05 Å². The minimum atomic E-state index is -5.09. The van der Waals surface area contributed by atoms with Crippen molar-refractivity contribution in [2.45, 2.75) is 57.7 Å². The van der Waals surface area contributed by atoms with E-state index in [-0.39, 0.29) is 24.2 Å². The number of alkyl halides is 9. The van der Waals surface area contributed by atoms with Crippen LogP contribution in [0.25, 0.3) is 0 Å². The maximum Gasteiger partial charge on any atom is 0.416 e. The van der Waals surface area contributed by atoms with Gasteiger partial charge in [-0.2, -0.15) is 44.3 Å². The molecule has 0 spiro atoms. The highest BCUT2D eigenvalue weighted by Crippen LogP contribution is 2.38. The van der Waals surface area contributed by atoms with E-state index in [0.29, 0.717) is 24.1 Å². The molecule has 0 amide bonds. The number of anilines is 1. The normalized spacial score (nSPS) is 13.2. The molecular weight excluding hydrogens is 605 g/mol. The molecule has 1 atom stereocenters. The molecule has 0 N–H and O–H groups in total. The van der Waals surface area contributed by atoms with Crippen molar-refractivity contribution >= 4 is 5.95 Å². The molecule has 1 aromatic heterocycles. The molecule has 6 nitrogen and oxygen atoms in total. The molecule has 0 aliphatic heterocycles. The Morgan fingerprint density at radius 2 is 1.36 bits per heavy atom. The number of halogens is 9. The fourth-order valence-corrected chi connectivity index (χ4v) is 4.57. The summed E-state index contributed by atoms with van der Waals surface area (Å²) in [6.07, 6.45) is -15.3. The summed E-state index contributed by atoms with van der Waals surface area (Å²) >= 11 is 0. The third-order valence-electron chi connectivity index (χ3n) is 6.64. The van der Waals surface area contributed by atoms with E-state index >= 15 is 0 Å². The van der Waals surface area contributed by atoms with Gasteiger partial charge in [0.15, 0.2) is 0 Å². The molecule has 0 aliphatic carbocycles. The Balaban J connectivity index is 1.77. The van der Waals surface area contributed by atoms with Crippen molar-refractivity contribution in [1.82, 2.24) is 20.2 Å². The van der Waals surface area contributed by atoms with Gasteiger partial charge in [0, 0.05) is 13.1 Å². The topological polar surface area (TPSA) is 56.1 Å². The van der Waals surface area contributed by atoms with Gasteiger partial charge >= 0.3 is 18.5 Å². The lowest BCUT2D eigenvalue weighted by molar-refractivity contribution is -0.143. The smallest absolute Gasteiger partial charge is 0.369 e. The molecule has 0 saturated carbocycles. The largest absolute Gasteiger partial charge is 0.416 e. The van der Waals surface area contributed by atoms with Gasteiger partial charge in [0.05, 0.1) is 36.4 Å². The number of tetrazole rings is 1. The zero-order valence-electron chi connectivity index (χ0n) is 23.3. The first-order valence-electron chi connectivity index (χ1n) is 13.2. The Labute approximate surface area is 246 Å². The molecule has 3 aromatic carbocycles. The molecule has 44 heavy (non-hydrogen) atoms. The first-order valence-corrected chi connectivity index (χ1v) is 13.2. The summed E-state index contributed by atoms with van der Waals surface area (Å²) in [5.41, 5.74) is -3.25. The fraction of sp³-hybridized carbons (Fsp3) is 0.345. The van der Waals surface area contributed by atoms with Gasteiger partial charge in [-0.3, -0.25) is 0 Å². The van der Waals surface area contributed by atoms with Gasteiger partial charge in [0.1, 0.15) is 0 Å². The predicted molar refractivity (Wildman–Crippen MR) is 141 cm³/mol. The van der Waals surface area contributed by atoms with Crippen LogP contribution in [-0.4, -0.2) is 20.2 Å². The lowest BCUT2D eigenvalue weighted by Crippen LogP contribution is -2.26. The van der Waals surface area contributed by atoms with Crippen LogP contribution in [0.15, 0.2) is 66.7 Å². The third-order valence-corrected chi connectivity index (χ3v) is 6.64. The van der Waals surface area contributed by atoms with Gasteiger partial charge in [0.2, 0.25) is 0 Å². The van der Waals surface area contributed by atoms with Crippen LogP contribution in [0.3, 0.4) is 0 Å². The zero-order chi connectivity index (χ0) is 32.3. The molecule has 0 saturated heterocycles. The molecule has 0 bridgehead atoms. The average Bonchev–Trinajstić information content (AvgIpc) is 3.38. The lowest BCUT2D eigenvalue weighted by atomic mass is 9.97. The van der Waals surface area contributed by atoms with Crippen molar-refractivity contribution in [3.05, 3.63) is 106 Å². The van der Waals surface area contributed by atoms with Crippen LogP contribution in [0.2, 0.25) is 0 Å². The summed E-state index contributed by atoms with van der Waals surface area (Å²) in [4.78, 5) is 2.16. The number of benzene rings is 3. The second-order valence-corrected chi connectivity index (χ2v) is 9.95. The lowest BCUT2D eigenvalue weighted by Gasteiger charge is -2.26. The van der Waals surface area contributed by atoms with Crippen molar-refractivity contribution in [1.29, 1.82) is 0 Å². The number of hydrogen-bond donors (Lipinski definition) is 0. The van der Waals surface area contributed by atoms with Gasteiger partial charge in [0.25, 0.3) is 5.95 Å². The summed E-state index contributed by atoms with van der Waals surface area (Å²) in [5.74, 6) is -0.222. The number of rotatable bonds is 10. The van der Waals surface area contributed by atoms with Gasteiger partial charge in [-0.1, -0.05) is 48.4 Å². The summed E-state index contributed by atoms with van der Waals surface area (Å²) in [6, 6.07) is 13.1. The molecule has 0 unspecified atom stereocenters. The quantitative estimate of drug-likeness (QED) is 0.166. The van der Waals surface area contributed by atoms with Crippen molar-refractivity contribution < 1.29 is 44.3 Å². The second kappa shape index (κ2) is 12.8. The van der Waals surface area contributed by atoms with Crippen molar-refractivity contribution in [2.75, 3.05) is 4.90 Å². The predicted octanol–water partition coefficient (Wildman–Crippen LogP) is 8.14. The average molecular weight is 632 g/mol. The van der Waals surface area contributed by atoms with E-state index in [4.69, 9.17) is 4.74 Å². The fourth-order valence-electron chi connectivity index (χ4n) is 4.57. The van der Waals surface area contributed by atoms with Gasteiger partial charge in [-0.15, -0.1) is 5.10 Å². The van der Waals surface area contributed by atoms with Crippen LogP contribution in [0, 0.1) is 0 Å². The van der Waals surface area contributed by atoms with E-state index in [2.05, 4.69) is 15.4 Å². The maximum atomic E-state index is 13.8. The van der Waals surface area contributed by atoms with E-state index in [1.807, 2.05) is 18.2 Å². The number of nitrogens with zero attached hydrogens (tertiary/aromatic N) is 5. The Morgan fingerprint density at radius 1 is 0.750 bits per heavy atom. The van der Waals surface area contributed by atoms with Crippen molar-refractivity contribution in [3.8, 4) is 0 Å². The Morgan fingerprint density at radius 3 is 1.89 bits per heavy atom. The molecular formula is C29H26F9N5O. The molecule has 0 fully saturated rings. The van der Waals surface area contributed by atoms with Crippen LogP contribution >= 0.6 is 0 Å². The Bertz CT molecular complexity index is 1520. The zero-order valence-corrected chi connectivity index (χ0v) is 23.3. The van der Waals surface area contributed by atoms with Crippen LogP contribution in [0.5, 0.6) is 0 Å². The summed E-state index contributed by atoms with van der Waals surface area (Å²) < 4.78 is 129. The highest BCUT2D eigenvalue weighted by molar-refractivity contribution is 5.41. The van der Waals surface area contributed by atoms with E-state index in [0.717, 1.165) is 27.4 Å². The van der Waals surface area contributed by atoms with Gasteiger partial charge in [-0.05, 0) is 64.2 Å². The van der Waals surface area contributed by atoms with E-state index < -0.39 is 60.0 Å². The molecule has 236 valence electrons. The summed E-state index contributed by atoms with van der Waals surface area (Å²) in [7, 11) is 1.38. The maximum absolute atomic E-state index is 13.8. The van der Waals surface area contributed by atoms with Gasteiger partial charge in [-0.25, -0.2) is 0 Å². The van der Waals surface area contributed by atoms with E-state index in [1.54, 1.807) is 19.1 Å². The molecule has 15 heteroatoms. The molecule has 0 radical (unpaired) electrons. The second-order valence-electron chi connectivity index (χ2n) is 9.95. The van der Waals surface area contributed by atoms with E-state index in [9.17, 15) is 39.5 Å². The Hall–Kier alpha value is -4.14. The Kier molecular flexibility index (Phi) is 9.56. The standard InChI is InChI=1S/C29H26F9N5O/c1-3-25(44-17-18-7-5-4-6-8-18)24-10-9-21(27(30,31)32)13-20(24)16-43(26-39-41-42(2)40-26)15-19-11-22(28(33,34)35)14-23(12-19)29(36,37)38/h4-14,25H,3,15-17H2,1-2H3/t25-/m1/s1. The molecule has 4 aromatic rings. The van der Waals surface area contributed by atoms with E-state index in [1.165, 1.54) is 13.1 Å². The number of aryl methyl sites for hydroxylation is 1. The summed E-state index contributed by atoms with van der Waals surface area (Å²) in [6.45, 7) is 0.865. The monoisotopic (exact) mass is 631 g/mol. The van der Waals surface area contributed by atoms with Crippen LogP contribution < -0.4 is 4.90 Å². The first kappa shape index (κ1) is 32.8. The van der Waals surface area contributed by atoms with Crippen LogP contribution in [-0.2, 0) is 50.0 Å². The van der Waals surface area contributed by atoms with Crippen molar-refractivity contribution in [3.63, 3.8) is 0 Å². The number of aromatic nitrogens is 4. The molecule has 0 aliphatic rings. The third kappa shape index (κ3) is 8.27. The number of ether oxygens (including phenoxy) is 1. The number of hydrogen-bond acceptors (Lipinski definition) is 5. The minimum absolute atomic E-state index is 0.00472. The highest BCUT2D eigenvalue weighted by Gasteiger charge is 2.37. The highest BCUT2D eigenvalue weighted by atomic mass is 19.4. The SMILES string of the molecule is CC[C@@H](OCc1ccccc1)c1ccc(C(F)(F)F)cc1CN(Cc1cc(C(F)(F)F)cc(C(F)(F)F)c1)c1nnn(C)n1. The molecule has 1 heterocycles. The summed E-state index contributed by atoms with van der Waals surface area (Å²) in [5, 5.41) is 11.5. The minimum Gasteiger partial charge on any atom is -0.369 e. The first-order chi connectivity index (χ1) is 20.5. The van der Waals surface area contributed by atoms with Crippen LogP contribution in [0.1, 0.15) is 58.4 Å². The van der Waals surface area contributed by atoms with Gasteiger partial charge < -0.3 is 9.64 Å².